The predicted molar refractivity (Wildman–Crippen MR) is 188 cm³/mol. The summed E-state index contributed by atoms with van der Waals surface area (Å²) in [4.78, 5) is 25.9. The molecule has 4 heteroatoms. The largest absolute Gasteiger partial charge is 0.329 e. The third kappa shape index (κ3) is 22.4. The quantitative estimate of drug-likeness (QED) is 0.0586. The second-order valence-corrected chi connectivity index (χ2v) is 14.1. The Morgan fingerprint density at radius 2 is 1.12 bits per heavy atom. The molecule has 0 aromatic rings. The molecule has 0 aromatic heterocycles. The van der Waals surface area contributed by atoms with E-state index in [1.807, 2.05) is 0 Å². The summed E-state index contributed by atoms with van der Waals surface area (Å²) in [5.74, 6) is 2.68. The molecule has 0 amide bonds. The lowest BCUT2D eigenvalue weighted by Crippen LogP contribution is -2.35. The minimum Gasteiger partial charge on any atom is -0.329 e. The average Bonchev–Trinajstić information content (AvgIpc) is 2.98. The lowest BCUT2D eigenvalue weighted by Gasteiger charge is -2.40. The van der Waals surface area contributed by atoms with Crippen LogP contribution in [-0.4, -0.2) is 43.1 Å². The van der Waals surface area contributed by atoms with Crippen LogP contribution >= 0.6 is 0 Å². The molecular weight excluding hydrogens is 528 g/mol. The number of nitrogens with zero attached hydrogens (tertiary/aromatic N) is 1. The lowest BCUT2D eigenvalue weighted by atomic mass is 9.64. The first-order valence-corrected chi connectivity index (χ1v) is 19.5. The molecule has 0 bridgehead atoms. The van der Waals surface area contributed by atoms with Crippen LogP contribution in [0.3, 0.4) is 0 Å². The highest BCUT2D eigenvalue weighted by atomic mass is 16.1. The summed E-state index contributed by atoms with van der Waals surface area (Å²) in [5.41, 5.74) is 5.86. The van der Waals surface area contributed by atoms with Crippen molar-refractivity contribution < 1.29 is 9.59 Å². The summed E-state index contributed by atoms with van der Waals surface area (Å²) < 4.78 is 0. The first-order valence-electron chi connectivity index (χ1n) is 19.5. The number of unbranched alkanes of at least 4 members (excludes halogenated alkanes) is 19. The van der Waals surface area contributed by atoms with Gasteiger partial charge in [0.05, 0.1) is 0 Å². The summed E-state index contributed by atoms with van der Waals surface area (Å²) >= 11 is 0. The van der Waals surface area contributed by atoms with Crippen LogP contribution in [0.2, 0.25) is 0 Å². The molecule has 0 saturated heterocycles. The molecule has 1 aliphatic carbocycles. The standard InChI is InChI=1S/C39H76N2O2/c1-3-5-7-9-14-20-26-36(27-21-15-10-8-6-4-2)37-34-38(35-37)39(43)28-22-16-13-18-24-31-41(32-29-40)30-23-17-11-12-19-25-33-42/h33,36-38H,3-32,34-35,40H2,1-2H3. The molecule has 254 valence electrons. The highest BCUT2D eigenvalue weighted by Crippen LogP contribution is 2.44. The van der Waals surface area contributed by atoms with E-state index in [1.54, 1.807) is 0 Å². The predicted octanol–water partition coefficient (Wildman–Crippen LogP) is 10.8. The van der Waals surface area contributed by atoms with Gasteiger partial charge in [-0.05, 0) is 63.5 Å². The van der Waals surface area contributed by atoms with Crippen molar-refractivity contribution in [2.75, 3.05) is 26.2 Å². The van der Waals surface area contributed by atoms with Gasteiger partial charge in [0.1, 0.15) is 12.1 Å². The Balaban J connectivity index is 2.17. The van der Waals surface area contributed by atoms with Gasteiger partial charge in [-0.2, -0.15) is 0 Å². The van der Waals surface area contributed by atoms with E-state index in [-0.39, 0.29) is 0 Å². The van der Waals surface area contributed by atoms with Crippen molar-refractivity contribution in [1.82, 2.24) is 4.90 Å². The van der Waals surface area contributed by atoms with Gasteiger partial charge in [-0.3, -0.25) is 4.79 Å². The van der Waals surface area contributed by atoms with Gasteiger partial charge in [0.2, 0.25) is 0 Å². The van der Waals surface area contributed by atoms with Crippen LogP contribution in [0.5, 0.6) is 0 Å². The number of hydrogen-bond acceptors (Lipinski definition) is 4. The topological polar surface area (TPSA) is 63.4 Å². The van der Waals surface area contributed by atoms with Gasteiger partial charge in [0, 0.05) is 31.8 Å². The number of ketones is 1. The van der Waals surface area contributed by atoms with E-state index in [0.717, 1.165) is 63.6 Å². The van der Waals surface area contributed by atoms with Crippen LogP contribution in [0, 0.1) is 17.8 Å². The molecule has 43 heavy (non-hydrogen) atoms. The molecule has 0 aromatic carbocycles. The van der Waals surface area contributed by atoms with Crippen molar-refractivity contribution >= 4 is 12.1 Å². The molecule has 1 aliphatic rings. The van der Waals surface area contributed by atoms with E-state index in [1.165, 1.54) is 154 Å². The SMILES string of the molecule is CCCCCCCCC(CCCCCCCC)C1CC(C(=O)CCCCCCCN(CCN)CCCCCCCC=O)C1. The van der Waals surface area contributed by atoms with Crippen LogP contribution < -0.4 is 5.73 Å². The summed E-state index contributed by atoms with van der Waals surface area (Å²) in [5, 5.41) is 0. The fourth-order valence-corrected chi connectivity index (χ4v) is 7.28. The molecule has 1 rings (SSSR count). The van der Waals surface area contributed by atoms with E-state index in [2.05, 4.69) is 18.7 Å². The summed E-state index contributed by atoms with van der Waals surface area (Å²) in [6, 6.07) is 0. The summed E-state index contributed by atoms with van der Waals surface area (Å²) in [7, 11) is 0. The Morgan fingerprint density at radius 1 is 0.651 bits per heavy atom. The first-order chi connectivity index (χ1) is 21.2. The van der Waals surface area contributed by atoms with Gasteiger partial charge in [0.15, 0.2) is 0 Å². The fraction of sp³-hybridized carbons (Fsp3) is 0.949. The zero-order valence-electron chi connectivity index (χ0n) is 29.3. The Kier molecular flexibility index (Phi) is 28.1. The molecule has 0 radical (unpaired) electrons. The molecule has 4 nitrogen and oxygen atoms in total. The fourth-order valence-electron chi connectivity index (χ4n) is 7.28. The number of rotatable bonds is 34. The zero-order chi connectivity index (χ0) is 31.2. The molecule has 0 heterocycles. The maximum atomic E-state index is 12.9. The third-order valence-electron chi connectivity index (χ3n) is 10.3. The third-order valence-corrected chi connectivity index (χ3v) is 10.3. The van der Waals surface area contributed by atoms with Gasteiger partial charge in [-0.15, -0.1) is 0 Å². The monoisotopic (exact) mass is 605 g/mol. The number of aldehydes is 1. The summed E-state index contributed by atoms with van der Waals surface area (Å²) in [6.07, 6.45) is 36.6. The number of Topliss-reactive ketones (excluding diaryl/α,β-unsaturated/α-hetero) is 1. The normalized spacial score (nSPS) is 16.7. The van der Waals surface area contributed by atoms with Gasteiger partial charge < -0.3 is 15.4 Å². The van der Waals surface area contributed by atoms with E-state index in [9.17, 15) is 9.59 Å². The smallest absolute Gasteiger partial charge is 0.135 e. The number of hydrogen-bond donors (Lipinski definition) is 1. The Morgan fingerprint density at radius 3 is 1.63 bits per heavy atom. The zero-order valence-corrected chi connectivity index (χ0v) is 29.3. The summed E-state index contributed by atoms with van der Waals surface area (Å²) in [6.45, 7) is 8.65. The van der Waals surface area contributed by atoms with Crippen LogP contribution in [0.4, 0.5) is 0 Å². The average molecular weight is 605 g/mol. The maximum Gasteiger partial charge on any atom is 0.135 e. The van der Waals surface area contributed by atoms with Crippen molar-refractivity contribution in [1.29, 1.82) is 0 Å². The highest BCUT2D eigenvalue weighted by Gasteiger charge is 2.37. The molecule has 1 fully saturated rings. The molecular formula is C39H76N2O2. The van der Waals surface area contributed by atoms with Crippen molar-refractivity contribution in [2.24, 2.45) is 23.5 Å². The minimum atomic E-state index is 0.386. The first kappa shape index (κ1) is 40.3. The van der Waals surface area contributed by atoms with Gasteiger partial charge in [-0.25, -0.2) is 0 Å². The second-order valence-electron chi connectivity index (χ2n) is 14.1. The molecule has 0 unspecified atom stereocenters. The number of carbonyl (C=O) groups excluding carboxylic acids is 2. The van der Waals surface area contributed by atoms with E-state index >= 15 is 0 Å². The van der Waals surface area contributed by atoms with Gasteiger partial charge in [0.25, 0.3) is 0 Å². The Hall–Kier alpha value is -0.740. The Labute approximate surface area is 269 Å². The van der Waals surface area contributed by atoms with Crippen molar-refractivity contribution in [3.8, 4) is 0 Å². The molecule has 0 spiro atoms. The molecule has 2 N–H and O–H groups in total. The van der Waals surface area contributed by atoms with E-state index < -0.39 is 0 Å². The van der Waals surface area contributed by atoms with Crippen LogP contribution in [0.15, 0.2) is 0 Å². The van der Waals surface area contributed by atoms with E-state index in [0.29, 0.717) is 18.1 Å². The van der Waals surface area contributed by atoms with Crippen LogP contribution in [0.1, 0.15) is 194 Å². The number of carbonyl (C=O) groups is 2. The van der Waals surface area contributed by atoms with Gasteiger partial charge in [-0.1, -0.05) is 142 Å². The van der Waals surface area contributed by atoms with Gasteiger partial charge >= 0.3 is 0 Å². The second kappa shape index (κ2) is 29.9. The molecule has 1 saturated carbocycles. The van der Waals surface area contributed by atoms with Crippen molar-refractivity contribution in [3.05, 3.63) is 0 Å². The minimum absolute atomic E-state index is 0.386. The van der Waals surface area contributed by atoms with E-state index in [4.69, 9.17) is 5.73 Å². The van der Waals surface area contributed by atoms with Crippen LogP contribution in [0.25, 0.3) is 0 Å². The molecule has 0 aliphatic heterocycles. The van der Waals surface area contributed by atoms with Crippen molar-refractivity contribution in [3.63, 3.8) is 0 Å². The maximum absolute atomic E-state index is 12.9. The molecule has 0 atom stereocenters. The highest BCUT2D eigenvalue weighted by molar-refractivity contribution is 5.81. The lowest BCUT2D eigenvalue weighted by molar-refractivity contribution is -0.128. The van der Waals surface area contributed by atoms with Crippen LogP contribution in [-0.2, 0) is 9.59 Å². The number of nitrogens with two attached hydrogens (primary N) is 1. The van der Waals surface area contributed by atoms with Crippen molar-refractivity contribution in [2.45, 2.75) is 194 Å². The Bertz CT molecular complexity index is 602.